The van der Waals surface area contributed by atoms with Crippen molar-refractivity contribution in [1.82, 2.24) is 20.2 Å². The summed E-state index contributed by atoms with van der Waals surface area (Å²) in [6.45, 7) is 3.41. The zero-order chi connectivity index (χ0) is 13.5. The Morgan fingerprint density at radius 3 is 3.05 bits per heavy atom. The Labute approximate surface area is 113 Å². The quantitative estimate of drug-likeness (QED) is 0.727. The summed E-state index contributed by atoms with van der Waals surface area (Å²) < 4.78 is 7.52. The molecule has 0 bridgehead atoms. The Bertz CT molecular complexity index is 399. The molecule has 0 unspecified atom stereocenters. The fourth-order valence-electron chi connectivity index (χ4n) is 2.11. The van der Waals surface area contributed by atoms with Crippen LogP contribution in [0, 0.1) is 0 Å². The first-order valence-electron chi connectivity index (χ1n) is 6.84. The Balaban J connectivity index is 1.55. The van der Waals surface area contributed by atoms with Crippen molar-refractivity contribution in [3.05, 3.63) is 18.2 Å². The monoisotopic (exact) mass is 266 g/mol. The number of amides is 1. The molecular formula is C13H22N4O2. The number of aromatic nitrogens is 2. The summed E-state index contributed by atoms with van der Waals surface area (Å²) >= 11 is 0. The maximum atomic E-state index is 11.7. The molecule has 2 heterocycles. The average Bonchev–Trinajstić information content (AvgIpc) is 2.86. The van der Waals surface area contributed by atoms with Gasteiger partial charge in [-0.25, -0.2) is 4.98 Å². The van der Waals surface area contributed by atoms with Crippen LogP contribution in [-0.4, -0.2) is 47.8 Å². The van der Waals surface area contributed by atoms with Gasteiger partial charge < -0.3 is 19.9 Å². The number of nitrogens with zero attached hydrogens (tertiary/aromatic N) is 2. The van der Waals surface area contributed by atoms with E-state index in [1.807, 2.05) is 7.05 Å². The number of carbonyl (C=O) groups is 1. The molecule has 1 aromatic rings. The van der Waals surface area contributed by atoms with Gasteiger partial charge in [-0.2, -0.15) is 0 Å². The molecule has 106 valence electrons. The molecular weight excluding hydrogens is 244 g/mol. The van der Waals surface area contributed by atoms with Crippen LogP contribution in [0.2, 0.25) is 0 Å². The molecule has 1 saturated heterocycles. The van der Waals surface area contributed by atoms with Crippen molar-refractivity contribution in [2.24, 2.45) is 7.05 Å². The van der Waals surface area contributed by atoms with E-state index in [0.717, 1.165) is 32.4 Å². The Morgan fingerprint density at radius 1 is 1.58 bits per heavy atom. The summed E-state index contributed by atoms with van der Waals surface area (Å²) in [5.74, 6) is -0.123. The van der Waals surface area contributed by atoms with Crippen LogP contribution in [0.25, 0.3) is 0 Å². The summed E-state index contributed by atoms with van der Waals surface area (Å²) in [4.78, 5) is 15.7. The minimum absolute atomic E-state index is 0.123. The van der Waals surface area contributed by atoms with Crippen LogP contribution in [0.4, 0.5) is 0 Å². The van der Waals surface area contributed by atoms with Crippen molar-refractivity contribution in [1.29, 1.82) is 0 Å². The highest BCUT2D eigenvalue weighted by Gasteiger charge is 2.12. The molecule has 0 atom stereocenters. The number of aryl methyl sites for hydroxylation is 1. The van der Waals surface area contributed by atoms with E-state index in [1.165, 1.54) is 0 Å². The van der Waals surface area contributed by atoms with Gasteiger partial charge in [-0.05, 0) is 32.4 Å². The normalized spacial score (nSPS) is 16.5. The van der Waals surface area contributed by atoms with Crippen molar-refractivity contribution < 1.29 is 9.53 Å². The molecule has 1 aliphatic heterocycles. The molecule has 1 amide bonds. The molecule has 1 aliphatic rings. The van der Waals surface area contributed by atoms with Crippen molar-refractivity contribution in [2.75, 3.05) is 26.2 Å². The topological polar surface area (TPSA) is 68.2 Å². The van der Waals surface area contributed by atoms with Crippen molar-refractivity contribution in [3.63, 3.8) is 0 Å². The molecule has 6 heteroatoms. The minimum atomic E-state index is -0.123. The number of imidazole rings is 1. The Morgan fingerprint density at radius 2 is 2.37 bits per heavy atom. The SMILES string of the molecule is Cn1cnc(C(=O)NCCCOC2CCNCC2)c1. The smallest absolute Gasteiger partial charge is 0.271 e. The van der Waals surface area contributed by atoms with E-state index in [9.17, 15) is 4.79 Å². The first kappa shape index (κ1) is 14.0. The van der Waals surface area contributed by atoms with E-state index in [1.54, 1.807) is 17.1 Å². The molecule has 0 radical (unpaired) electrons. The van der Waals surface area contributed by atoms with Gasteiger partial charge in [-0.1, -0.05) is 0 Å². The molecule has 6 nitrogen and oxygen atoms in total. The molecule has 19 heavy (non-hydrogen) atoms. The van der Waals surface area contributed by atoms with Crippen LogP contribution < -0.4 is 10.6 Å². The third-order valence-electron chi connectivity index (χ3n) is 3.18. The zero-order valence-corrected chi connectivity index (χ0v) is 11.4. The summed E-state index contributed by atoms with van der Waals surface area (Å²) in [6.07, 6.45) is 6.71. The molecule has 0 spiro atoms. The third-order valence-corrected chi connectivity index (χ3v) is 3.18. The van der Waals surface area contributed by atoms with Crippen LogP contribution in [0.5, 0.6) is 0 Å². The molecule has 2 N–H and O–H groups in total. The van der Waals surface area contributed by atoms with E-state index in [0.29, 0.717) is 24.9 Å². The van der Waals surface area contributed by atoms with Crippen molar-refractivity contribution in [2.45, 2.75) is 25.4 Å². The fourth-order valence-corrected chi connectivity index (χ4v) is 2.11. The highest BCUT2D eigenvalue weighted by atomic mass is 16.5. The van der Waals surface area contributed by atoms with Crippen LogP contribution in [-0.2, 0) is 11.8 Å². The molecule has 1 aromatic heterocycles. The Hall–Kier alpha value is -1.40. The second kappa shape index (κ2) is 7.25. The number of hydrogen-bond acceptors (Lipinski definition) is 4. The van der Waals surface area contributed by atoms with E-state index in [4.69, 9.17) is 4.74 Å². The number of carbonyl (C=O) groups excluding carboxylic acids is 1. The van der Waals surface area contributed by atoms with Crippen LogP contribution >= 0.6 is 0 Å². The van der Waals surface area contributed by atoms with E-state index in [2.05, 4.69) is 15.6 Å². The van der Waals surface area contributed by atoms with E-state index in [-0.39, 0.29) is 5.91 Å². The summed E-state index contributed by atoms with van der Waals surface area (Å²) in [5.41, 5.74) is 0.460. The first-order chi connectivity index (χ1) is 9.25. The van der Waals surface area contributed by atoms with Crippen LogP contribution in [0.3, 0.4) is 0 Å². The highest BCUT2D eigenvalue weighted by molar-refractivity contribution is 5.91. The predicted octanol–water partition coefficient (Wildman–Crippen LogP) is 0.309. The van der Waals surface area contributed by atoms with Crippen LogP contribution in [0.1, 0.15) is 29.8 Å². The van der Waals surface area contributed by atoms with E-state index >= 15 is 0 Å². The summed E-state index contributed by atoms with van der Waals surface area (Å²) in [5, 5.41) is 6.15. The maximum Gasteiger partial charge on any atom is 0.271 e. The molecule has 1 fully saturated rings. The molecule has 0 aliphatic carbocycles. The summed E-state index contributed by atoms with van der Waals surface area (Å²) in [6, 6.07) is 0. The second-order valence-electron chi connectivity index (χ2n) is 4.85. The van der Waals surface area contributed by atoms with Crippen molar-refractivity contribution in [3.8, 4) is 0 Å². The predicted molar refractivity (Wildman–Crippen MR) is 72.0 cm³/mol. The fraction of sp³-hybridized carbons (Fsp3) is 0.692. The van der Waals surface area contributed by atoms with Gasteiger partial charge in [0.2, 0.25) is 0 Å². The highest BCUT2D eigenvalue weighted by Crippen LogP contribution is 2.07. The average molecular weight is 266 g/mol. The summed E-state index contributed by atoms with van der Waals surface area (Å²) in [7, 11) is 1.84. The first-order valence-corrected chi connectivity index (χ1v) is 6.84. The molecule has 0 saturated carbocycles. The lowest BCUT2D eigenvalue weighted by atomic mass is 10.1. The second-order valence-corrected chi connectivity index (χ2v) is 4.85. The lowest BCUT2D eigenvalue weighted by Crippen LogP contribution is -2.33. The zero-order valence-electron chi connectivity index (χ0n) is 11.4. The van der Waals surface area contributed by atoms with Gasteiger partial charge in [-0.15, -0.1) is 0 Å². The number of nitrogens with one attached hydrogen (secondary N) is 2. The number of rotatable bonds is 6. The number of piperidine rings is 1. The van der Waals surface area contributed by atoms with Gasteiger partial charge in [-0.3, -0.25) is 4.79 Å². The molecule has 0 aromatic carbocycles. The molecule has 2 rings (SSSR count). The lowest BCUT2D eigenvalue weighted by Gasteiger charge is -2.22. The van der Waals surface area contributed by atoms with Crippen molar-refractivity contribution >= 4 is 5.91 Å². The maximum absolute atomic E-state index is 11.7. The van der Waals surface area contributed by atoms with Crippen LogP contribution in [0.15, 0.2) is 12.5 Å². The Kier molecular flexibility index (Phi) is 5.35. The van der Waals surface area contributed by atoms with Gasteiger partial charge in [0, 0.05) is 26.4 Å². The van der Waals surface area contributed by atoms with Gasteiger partial charge in [0.15, 0.2) is 0 Å². The third kappa shape index (κ3) is 4.65. The number of hydrogen-bond donors (Lipinski definition) is 2. The standard InChI is InChI=1S/C13H22N4O2/c1-17-9-12(16-10-17)13(18)15-5-2-8-19-11-3-6-14-7-4-11/h9-11,14H,2-8H2,1H3,(H,15,18). The lowest BCUT2D eigenvalue weighted by molar-refractivity contribution is 0.0317. The van der Waals surface area contributed by atoms with E-state index < -0.39 is 0 Å². The van der Waals surface area contributed by atoms with Gasteiger partial charge in [0.05, 0.1) is 12.4 Å². The van der Waals surface area contributed by atoms with Gasteiger partial charge in [0.25, 0.3) is 5.91 Å². The van der Waals surface area contributed by atoms with Gasteiger partial charge in [0.1, 0.15) is 5.69 Å². The minimum Gasteiger partial charge on any atom is -0.378 e. The van der Waals surface area contributed by atoms with Gasteiger partial charge >= 0.3 is 0 Å². The largest absolute Gasteiger partial charge is 0.378 e. The number of ether oxygens (including phenoxy) is 1.